The maximum atomic E-state index is 5.92. The summed E-state index contributed by atoms with van der Waals surface area (Å²) in [7, 11) is 0. The number of pyridine rings is 1. The van der Waals surface area contributed by atoms with Crippen molar-refractivity contribution in [3.8, 4) is 0 Å². The second-order valence-electron chi connectivity index (χ2n) is 2.78. The van der Waals surface area contributed by atoms with Crippen molar-refractivity contribution in [2.24, 2.45) is 0 Å². The second kappa shape index (κ2) is 3.57. The summed E-state index contributed by atoms with van der Waals surface area (Å²) in [6.07, 6.45) is 1.61. The zero-order valence-corrected chi connectivity index (χ0v) is 9.99. The first-order chi connectivity index (χ1) is 6.61. The van der Waals surface area contributed by atoms with Crippen LogP contribution in [0.1, 0.15) is 0 Å². The van der Waals surface area contributed by atoms with E-state index in [1.807, 2.05) is 0 Å². The van der Waals surface area contributed by atoms with Crippen molar-refractivity contribution < 1.29 is 0 Å². The van der Waals surface area contributed by atoms with Crippen LogP contribution in [0.4, 0.5) is 5.69 Å². The van der Waals surface area contributed by atoms with Crippen LogP contribution in [0.2, 0.25) is 10.2 Å². The molecule has 0 amide bonds. The van der Waals surface area contributed by atoms with E-state index in [0.29, 0.717) is 15.9 Å². The van der Waals surface area contributed by atoms with Crippen molar-refractivity contribution >= 4 is 55.6 Å². The van der Waals surface area contributed by atoms with Gasteiger partial charge in [-0.15, -0.1) is 0 Å². The number of nitrogens with two attached hydrogens (primary N) is 1. The van der Waals surface area contributed by atoms with E-state index in [-0.39, 0.29) is 0 Å². The zero-order valence-electron chi connectivity index (χ0n) is 6.89. The van der Waals surface area contributed by atoms with E-state index < -0.39 is 0 Å². The maximum Gasteiger partial charge on any atom is 0.136 e. The van der Waals surface area contributed by atoms with Crippen LogP contribution in [-0.2, 0) is 0 Å². The van der Waals surface area contributed by atoms with Crippen molar-refractivity contribution in [2.75, 3.05) is 5.73 Å². The van der Waals surface area contributed by atoms with Crippen molar-refractivity contribution in [2.45, 2.75) is 0 Å². The third-order valence-electron chi connectivity index (χ3n) is 1.94. The molecule has 0 aliphatic heterocycles. The van der Waals surface area contributed by atoms with Gasteiger partial charge in [-0.25, -0.2) is 4.98 Å². The molecule has 0 aliphatic rings. The summed E-state index contributed by atoms with van der Waals surface area (Å²) in [4.78, 5) is 4.00. The van der Waals surface area contributed by atoms with Crippen LogP contribution in [0.5, 0.6) is 0 Å². The predicted octanol–water partition coefficient (Wildman–Crippen LogP) is 3.89. The molecule has 0 spiro atoms. The van der Waals surface area contributed by atoms with Crippen molar-refractivity contribution in [1.29, 1.82) is 0 Å². The third-order valence-corrected chi connectivity index (χ3v) is 3.18. The molecular weight excluding hydrogens is 287 g/mol. The molecule has 2 nitrogen and oxygen atoms in total. The van der Waals surface area contributed by atoms with E-state index in [1.165, 1.54) is 0 Å². The molecule has 72 valence electrons. The summed E-state index contributed by atoms with van der Waals surface area (Å²) in [6, 6.07) is 3.51. The van der Waals surface area contributed by atoms with Crippen molar-refractivity contribution in [3.63, 3.8) is 0 Å². The molecule has 2 rings (SSSR count). The summed E-state index contributed by atoms with van der Waals surface area (Å²) in [6.45, 7) is 0. The minimum Gasteiger partial charge on any atom is -0.397 e. The highest BCUT2D eigenvalue weighted by atomic mass is 79.9. The van der Waals surface area contributed by atoms with Gasteiger partial charge in [-0.2, -0.15) is 0 Å². The molecule has 1 aromatic carbocycles. The number of fused-ring (bicyclic) bond motifs is 1. The third kappa shape index (κ3) is 1.45. The molecule has 2 N–H and O–H groups in total. The number of benzene rings is 1. The van der Waals surface area contributed by atoms with E-state index in [1.54, 1.807) is 18.3 Å². The van der Waals surface area contributed by atoms with Gasteiger partial charge in [0.15, 0.2) is 0 Å². The lowest BCUT2D eigenvalue weighted by atomic mass is 10.1. The summed E-state index contributed by atoms with van der Waals surface area (Å²) in [5, 5.41) is 2.53. The number of nitrogens with zero attached hydrogens (tertiary/aromatic N) is 1. The highest BCUT2D eigenvalue weighted by Gasteiger charge is 2.09. The topological polar surface area (TPSA) is 38.9 Å². The Balaban J connectivity index is 3.01. The van der Waals surface area contributed by atoms with E-state index in [4.69, 9.17) is 28.9 Å². The monoisotopic (exact) mass is 290 g/mol. The van der Waals surface area contributed by atoms with Crippen LogP contribution < -0.4 is 5.73 Å². The van der Waals surface area contributed by atoms with Gasteiger partial charge < -0.3 is 5.73 Å². The van der Waals surface area contributed by atoms with E-state index in [9.17, 15) is 0 Å². The Morgan fingerprint density at radius 1 is 1.29 bits per heavy atom. The largest absolute Gasteiger partial charge is 0.397 e. The molecule has 14 heavy (non-hydrogen) atoms. The van der Waals surface area contributed by atoms with Crippen LogP contribution in [0.3, 0.4) is 0 Å². The fourth-order valence-electron chi connectivity index (χ4n) is 1.27. The smallest absolute Gasteiger partial charge is 0.136 e. The zero-order chi connectivity index (χ0) is 10.3. The SMILES string of the molecule is Nc1c(Cl)ccc2c(Cl)ncc(Br)c12. The fourth-order valence-corrected chi connectivity index (χ4v) is 2.16. The van der Waals surface area contributed by atoms with Gasteiger partial charge in [0.05, 0.1) is 10.7 Å². The van der Waals surface area contributed by atoms with E-state index in [2.05, 4.69) is 20.9 Å². The number of hydrogen-bond acceptors (Lipinski definition) is 2. The van der Waals surface area contributed by atoms with Crippen LogP contribution in [0.25, 0.3) is 10.8 Å². The highest BCUT2D eigenvalue weighted by molar-refractivity contribution is 9.10. The standard InChI is InChI=1S/C9H5BrCl2N2/c10-5-3-14-9(12)4-1-2-6(11)8(13)7(4)5/h1-3H,13H2. The van der Waals surface area contributed by atoms with E-state index >= 15 is 0 Å². The van der Waals surface area contributed by atoms with E-state index in [0.717, 1.165) is 15.2 Å². The Morgan fingerprint density at radius 3 is 2.71 bits per heavy atom. The minimum absolute atomic E-state index is 0.423. The molecule has 0 saturated carbocycles. The quantitative estimate of drug-likeness (QED) is 0.591. The molecule has 0 saturated heterocycles. The Bertz CT molecular complexity index is 514. The molecule has 1 aromatic heterocycles. The van der Waals surface area contributed by atoms with Gasteiger partial charge >= 0.3 is 0 Å². The van der Waals surface area contributed by atoms with Gasteiger partial charge in [0.25, 0.3) is 0 Å². The molecule has 0 radical (unpaired) electrons. The van der Waals surface area contributed by atoms with Gasteiger partial charge in [0.2, 0.25) is 0 Å². The van der Waals surface area contributed by atoms with Gasteiger partial charge in [-0.3, -0.25) is 0 Å². The molecule has 0 fully saturated rings. The summed E-state index contributed by atoms with van der Waals surface area (Å²) >= 11 is 15.2. The number of anilines is 1. The first-order valence-corrected chi connectivity index (χ1v) is 5.34. The first-order valence-electron chi connectivity index (χ1n) is 3.79. The molecule has 0 atom stereocenters. The Hall–Kier alpha value is -0.510. The van der Waals surface area contributed by atoms with Crippen LogP contribution in [-0.4, -0.2) is 4.98 Å². The second-order valence-corrected chi connectivity index (χ2v) is 4.40. The van der Waals surface area contributed by atoms with Gasteiger partial charge in [0, 0.05) is 21.4 Å². The first kappa shape index (κ1) is 10.0. The molecule has 0 bridgehead atoms. The Labute approximate surface area is 99.1 Å². The number of halogens is 3. The number of rotatable bonds is 0. The highest BCUT2D eigenvalue weighted by Crippen LogP contribution is 2.35. The van der Waals surface area contributed by atoms with Crippen molar-refractivity contribution in [3.05, 3.63) is 33.0 Å². The molecule has 0 aliphatic carbocycles. The molecule has 1 heterocycles. The van der Waals surface area contributed by atoms with Crippen molar-refractivity contribution in [1.82, 2.24) is 4.98 Å². The van der Waals surface area contributed by atoms with Gasteiger partial charge in [-0.05, 0) is 28.1 Å². The average molecular weight is 292 g/mol. The molecule has 5 heteroatoms. The average Bonchev–Trinajstić information content (AvgIpc) is 2.16. The number of aromatic nitrogens is 1. The van der Waals surface area contributed by atoms with Crippen LogP contribution in [0, 0.1) is 0 Å². The number of hydrogen-bond donors (Lipinski definition) is 1. The predicted molar refractivity (Wildman–Crippen MR) is 63.9 cm³/mol. The summed E-state index contributed by atoms with van der Waals surface area (Å²) in [5.41, 5.74) is 6.35. The Kier molecular flexibility index (Phi) is 2.56. The lowest BCUT2D eigenvalue weighted by Crippen LogP contribution is -1.91. The van der Waals surface area contributed by atoms with Crippen LogP contribution >= 0.6 is 39.1 Å². The fraction of sp³-hybridized carbons (Fsp3) is 0. The lowest BCUT2D eigenvalue weighted by molar-refractivity contribution is 1.35. The molecule has 2 aromatic rings. The number of nitrogen functional groups attached to an aromatic ring is 1. The maximum absolute atomic E-state index is 5.92. The minimum atomic E-state index is 0.423. The summed E-state index contributed by atoms with van der Waals surface area (Å²) < 4.78 is 0.789. The Morgan fingerprint density at radius 2 is 2.00 bits per heavy atom. The molecule has 0 unspecified atom stereocenters. The van der Waals surface area contributed by atoms with Crippen LogP contribution in [0.15, 0.2) is 22.8 Å². The van der Waals surface area contributed by atoms with Gasteiger partial charge in [-0.1, -0.05) is 23.2 Å². The molecular formula is C9H5BrCl2N2. The normalized spacial score (nSPS) is 10.8. The lowest BCUT2D eigenvalue weighted by Gasteiger charge is -2.06. The summed E-state index contributed by atoms with van der Waals surface area (Å²) in [5.74, 6) is 0. The van der Waals surface area contributed by atoms with Gasteiger partial charge in [0.1, 0.15) is 5.15 Å².